The van der Waals surface area contributed by atoms with Crippen LogP contribution in [-0.2, 0) is 14.8 Å². The van der Waals surface area contributed by atoms with Gasteiger partial charge in [0.05, 0.1) is 21.3 Å². The van der Waals surface area contributed by atoms with Crippen LogP contribution in [-0.4, -0.2) is 71.3 Å². The molecular weight excluding hydrogens is 538 g/mol. The molecule has 4 aromatic rings. The first-order chi connectivity index (χ1) is 19.4. The Bertz CT molecular complexity index is 1570. The molecule has 1 aliphatic rings. The second-order valence-electron chi connectivity index (χ2n) is 9.00. The van der Waals surface area contributed by atoms with E-state index in [2.05, 4.69) is 29.9 Å². The Morgan fingerprint density at radius 3 is 2.35 bits per heavy atom. The predicted molar refractivity (Wildman–Crippen MR) is 145 cm³/mol. The van der Waals surface area contributed by atoms with Crippen LogP contribution in [0.1, 0.15) is 30.3 Å². The third-order valence-electron chi connectivity index (χ3n) is 6.41. The number of pyridine rings is 1. The van der Waals surface area contributed by atoms with Crippen LogP contribution in [0.25, 0.3) is 17.2 Å². The molecule has 1 aliphatic heterocycles. The number of para-hydroxylation sites is 1. The fourth-order valence-corrected chi connectivity index (χ4v) is 6.04. The maximum Gasteiger partial charge on any atom is 0.243 e. The quantitative estimate of drug-likeness (QED) is 0.317. The van der Waals surface area contributed by atoms with Gasteiger partial charge in [-0.1, -0.05) is 12.1 Å². The highest BCUT2D eigenvalue weighted by Gasteiger charge is 2.40. The summed E-state index contributed by atoms with van der Waals surface area (Å²) in [4.78, 5) is 13.1. The molecular formula is C26H29N7O6S. The van der Waals surface area contributed by atoms with E-state index in [0.717, 1.165) is 5.56 Å². The van der Waals surface area contributed by atoms with Crippen molar-refractivity contribution in [3.05, 3.63) is 60.2 Å². The number of benzene rings is 1. The summed E-state index contributed by atoms with van der Waals surface area (Å²) in [5.74, 6) is 1.59. The van der Waals surface area contributed by atoms with Crippen LogP contribution in [0.5, 0.6) is 17.4 Å². The van der Waals surface area contributed by atoms with E-state index in [-0.39, 0.29) is 11.8 Å². The van der Waals surface area contributed by atoms with E-state index in [9.17, 15) is 8.42 Å². The molecule has 1 aromatic carbocycles. The Hall–Kier alpha value is -4.30. The van der Waals surface area contributed by atoms with Gasteiger partial charge < -0.3 is 18.9 Å². The second-order valence-corrected chi connectivity index (χ2v) is 10.9. The van der Waals surface area contributed by atoms with Crippen LogP contribution in [0, 0.1) is 6.92 Å². The van der Waals surface area contributed by atoms with Crippen molar-refractivity contribution in [1.82, 2.24) is 29.7 Å². The van der Waals surface area contributed by atoms with Crippen molar-refractivity contribution in [2.45, 2.75) is 31.1 Å². The molecule has 1 saturated heterocycles. The summed E-state index contributed by atoms with van der Waals surface area (Å²) in [5.41, 5.74) is 1.62. The molecule has 0 amide bonds. The molecule has 2 unspecified atom stereocenters. The van der Waals surface area contributed by atoms with Crippen molar-refractivity contribution >= 4 is 16.0 Å². The molecule has 4 heterocycles. The van der Waals surface area contributed by atoms with Crippen LogP contribution in [0.2, 0.25) is 0 Å². The smallest absolute Gasteiger partial charge is 0.243 e. The Kier molecular flexibility index (Phi) is 7.80. The molecule has 1 fully saturated rings. The molecule has 0 saturated carbocycles. The Balaban J connectivity index is 1.63. The molecule has 14 heteroatoms. The zero-order valence-corrected chi connectivity index (χ0v) is 23.3. The molecule has 0 spiro atoms. The SMILES string of the molecule is COc1cccc(-c2nnc(NS(=O)(=O)C3CCCOC3c3ncc(C)cn3)n2-c2c(OC)cccc2OC)n1. The van der Waals surface area contributed by atoms with Crippen molar-refractivity contribution in [2.24, 2.45) is 0 Å². The van der Waals surface area contributed by atoms with Gasteiger partial charge in [0, 0.05) is 25.1 Å². The lowest BCUT2D eigenvalue weighted by atomic mass is 10.1. The van der Waals surface area contributed by atoms with Crippen LogP contribution in [0.4, 0.5) is 5.95 Å². The average molecular weight is 568 g/mol. The van der Waals surface area contributed by atoms with E-state index in [1.54, 1.807) is 48.8 Å². The minimum Gasteiger partial charge on any atom is -0.494 e. The zero-order chi connectivity index (χ0) is 28.3. The topological polar surface area (TPSA) is 152 Å². The Morgan fingerprint density at radius 1 is 0.975 bits per heavy atom. The molecule has 210 valence electrons. The molecule has 2 atom stereocenters. The van der Waals surface area contributed by atoms with Gasteiger partial charge in [0.25, 0.3) is 0 Å². The van der Waals surface area contributed by atoms with E-state index in [0.29, 0.717) is 54.0 Å². The number of nitrogens with one attached hydrogen (secondary N) is 1. The summed E-state index contributed by atoms with van der Waals surface area (Å²) in [6.07, 6.45) is 3.31. The minimum absolute atomic E-state index is 0.0865. The number of nitrogens with zero attached hydrogens (tertiary/aromatic N) is 6. The van der Waals surface area contributed by atoms with Gasteiger partial charge in [-0.3, -0.25) is 9.29 Å². The van der Waals surface area contributed by atoms with Gasteiger partial charge in [0.1, 0.15) is 34.2 Å². The van der Waals surface area contributed by atoms with Crippen LogP contribution < -0.4 is 18.9 Å². The monoisotopic (exact) mass is 567 g/mol. The van der Waals surface area contributed by atoms with E-state index >= 15 is 0 Å². The number of methoxy groups -OCH3 is 3. The van der Waals surface area contributed by atoms with Gasteiger partial charge in [-0.15, -0.1) is 10.2 Å². The molecule has 3 aromatic heterocycles. The van der Waals surface area contributed by atoms with Crippen LogP contribution >= 0.6 is 0 Å². The van der Waals surface area contributed by atoms with Gasteiger partial charge in [-0.05, 0) is 43.5 Å². The van der Waals surface area contributed by atoms with Crippen molar-refractivity contribution in [1.29, 1.82) is 0 Å². The number of ether oxygens (including phenoxy) is 4. The second kappa shape index (κ2) is 11.4. The first-order valence-corrected chi connectivity index (χ1v) is 14.0. The largest absolute Gasteiger partial charge is 0.494 e. The highest BCUT2D eigenvalue weighted by atomic mass is 32.2. The van der Waals surface area contributed by atoms with Crippen LogP contribution in [0.15, 0.2) is 48.8 Å². The summed E-state index contributed by atoms with van der Waals surface area (Å²) in [6.45, 7) is 2.25. The highest BCUT2D eigenvalue weighted by Crippen LogP contribution is 2.39. The van der Waals surface area contributed by atoms with Crippen molar-refractivity contribution in [3.8, 4) is 34.6 Å². The molecule has 40 heavy (non-hydrogen) atoms. The van der Waals surface area contributed by atoms with Gasteiger partial charge in [0.2, 0.25) is 21.9 Å². The molecule has 0 radical (unpaired) electrons. The van der Waals surface area contributed by atoms with E-state index in [4.69, 9.17) is 18.9 Å². The first kappa shape index (κ1) is 27.3. The van der Waals surface area contributed by atoms with Crippen LogP contribution in [0.3, 0.4) is 0 Å². The Morgan fingerprint density at radius 2 is 1.68 bits per heavy atom. The minimum atomic E-state index is -4.10. The molecule has 5 rings (SSSR count). The standard InChI is InChI=1S/C26H29N7O6S/c1-16-14-27-24(28-15-16)23-20(11-7-13-39-23)40(34,35)32-26-31-30-25(17-8-5-12-21(29-17)38-4)33(26)22-18(36-2)9-6-10-19(22)37-3/h5-6,8-10,12,14-15,20,23H,7,11,13H2,1-4H3,(H,31,32). The maximum absolute atomic E-state index is 13.9. The number of rotatable bonds is 9. The molecule has 0 aliphatic carbocycles. The van der Waals surface area contributed by atoms with E-state index in [1.165, 1.54) is 25.9 Å². The maximum atomic E-state index is 13.9. The zero-order valence-electron chi connectivity index (χ0n) is 22.4. The lowest BCUT2D eigenvalue weighted by molar-refractivity contribution is 0.0126. The fourth-order valence-electron chi connectivity index (χ4n) is 4.50. The summed E-state index contributed by atoms with van der Waals surface area (Å²) in [6, 6.07) is 10.3. The molecule has 13 nitrogen and oxygen atoms in total. The lowest BCUT2D eigenvalue weighted by Gasteiger charge is -2.30. The third-order valence-corrected chi connectivity index (χ3v) is 8.15. The average Bonchev–Trinajstić information content (AvgIpc) is 3.39. The van der Waals surface area contributed by atoms with Gasteiger partial charge in [0.15, 0.2) is 11.6 Å². The number of hydrogen-bond donors (Lipinski definition) is 1. The Labute approximate surface area is 231 Å². The fraction of sp³-hybridized carbons (Fsp3) is 0.346. The molecule has 0 bridgehead atoms. The predicted octanol–water partition coefficient (Wildman–Crippen LogP) is 3.12. The van der Waals surface area contributed by atoms with E-state index in [1.807, 2.05) is 6.92 Å². The third kappa shape index (κ3) is 5.27. The lowest BCUT2D eigenvalue weighted by Crippen LogP contribution is -2.39. The summed E-state index contributed by atoms with van der Waals surface area (Å²) >= 11 is 0. The number of hydrogen-bond acceptors (Lipinski definition) is 11. The van der Waals surface area contributed by atoms with Crippen molar-refractivity contribution < 1.29 is 27.4 Å². The van der Waals surface area contributed by atoms with Gasteiger partial charge in [-0.2, -0.15) is 0 Å². The number of aryl methyl sites for hydroxylation is 1. The van der Waals surface area contributed by atoms with Gasteiger partial charge in [-0.25, -0.2) is 23.4 Å². The first-order valence-electron chi connectivity index (χ1n) is 12.5. The summed E-state index contributed by atoms with van der Waals surface area (Å²) in [5, 5.41) is 7.55. The van der Waals surface area contributed by atoms with Gasteiger partial charge >= 0.3 is 0 Å². The number of aromatic nitrogens is 6. The normalized spacial score (nSPS) is 17.3. The number of anilines is 1. The molecule has 1 N–H and O–H groups in total. The summed E-state index contributed by atoms with van der Waals surface area (Å²) in [7, 11) is 0.403. The van der Waals surface area contributed by atoms with Crippen molar-refractivity contribution in [3.63, 3.8) is 0 Å². The highest BCUT2D eigenvalue weighted by molar-refractivity contribution is 7.93. The summed E-state index contributed by atoms with van der Waals surface area (Å²) < 4.78 is 54.4. The van der Waals surface area contributed by atoms with Crippen molar-refractivity contribution in [2.75, 3.05) is 32.7 Å². The van der Waals surface area contributed by atoms with E-state index < -0.39 is 21.4 Å². The number of sulfonamides is 1.